The van der Waals surface area contributed by atoms with Crippen LogP contribution in [-0.2, 0) is 6.42 Å². The molecule has 1 heterocycles. The Morgan fingerprint density at radius 2 is 1.62 bits per heavy atom. The van der Waals surface area contributed by atoms with E-state index in [4.69, 9.17) is 9.47 Å². The summed E-state index contributed by atoms with van der Waals surface area (Å²) in [5.74, 6) is -0.444. The van der Waals surface area contributed by atoms with Crippen LogP contribution in [0.25, 0.3) is 0 Å². The smallest absolute Gasteiger partial charge is 0.317 e. The Morgan fingerprint density at radius 1 is 1.00 bits per heavy atom. The first-order valence-electron chi connectivity index (χ1n) is 10.3. The molecule has 1 aliphatic rings. The Kier molecular flexibility index (Phi) is 7.50. The molecule has 0 aliphatic carbocycles. The summed E-state index contributed by atoms with van der Waals surface area (Å²) in [7, 11) is 3.02. The van der Waals surface area contributed by atoms with Crippen LogP contribution in [0.15, 0.2) is 36.4 Å². The topological polar surface area (TPSA) is 71.1 Å². The summed E-state index contributed by atoms with van der Waals surface area (Å²) in [6.45, 7) is 3.10. The van der Waals surface area contributed by atoms with E-state index in [2.05, 4.69) is 5.32 Å². The van der Waals surface area contributed by atoms with Gasteiger partial charge in [-0.3, -0.25) is 4.79 Å². The molecule has 0 spiro atoms. The van der Waals surface area contributed by atoms with Gasteiger partial charge in [0.1, 0.15) is 23.1 Å². The standard InChI is InChI=1S/C23H27F2N3O4/c1-15(13-18-19(24)5-4-6-20(18)25)26-23(30)28-11-9-27(10-12-28)22(29)17-8-7-16(31-2)14-21(17)32-3/h4-8,14-15H,9-13H2,1-3H3,(H,26,30). The fourth-order valence-electron chi connectivity index (χ4n) is 3.64. The second kappa shape index (κ2) is 10.3. The van der Waals surface area contributed by atoms with Crippen LogP contribution in [0.1, 0.15) is 22.8 Å². The minimum absolute atomic E-state index is 0.0416. The van der Waals surface area contributed by atoms with E-state index in [0.29, 0.717) is 43.2 Å². The highest BCUT2D eigenvalue weighted by molar-refractivity contribution is 5.97. The van der Waals surface area contributed by atoms with Crippen LogP contribution in [0.3, 0.4) is 0 Å². The largest absolute Gasteiger partial charge is 0.497 e. The quantitative estimate of drug-likeness (QED) is 0.739. The average Bonchev–Trinajstić information content (AvgIpc) is 2.80. The third kappa shape index (κ3) is 5.27. The lowest BCUT2D eigenvalue weighted by Crippen LogP contribution is -2.54. The number of ether oxygens (including phenoxy) is 2. The summed E-state index contributed by atoms with van der Waals surface area (Å²) in [5, 5.41) is 2.78. The third-order valence-electron chi connectivity index (χ3n) is 5.44. The number of benzene rings is 2. The summed E-state index contributed by atoms with van der Waals surface area (Å²) in [6, 6.07) is 7.90. The zero-order valence-corrected chi connectivity index (χ0v) is 18.4. The number of rotatable bonds is 6. The maximum Gasteiger partial charge on any atom is 0.317 e. The molecule has 1 N–H and O–H groups in total. The van der Waals surface area contributed by atoms with E-state index in [-0.39, 0.29) is 23.9 Å². The molecule has 0 bridgehead atoms. The predicted octanol–water partition coefficient (Wildman–Crippen LogP) is 3.08. The van der Waals surface area contributed by atoms with Crippen molar-refractivity contribution in [1.82, 2.24) is 15.1 Å². The van der Waals surface area contributed by atoms with Crippen molar-refractivity contribution in [1.29, 1.82) is 0 Å². The molecule has 0 radical (unpaired) electrons. The zero-order valence-electron chi connectivity index (χ0n) is 18.4. The number of methoxy groups -OCH3 is 2. The number of hydrogen-bond donors (Lipinski definition) is 1. The molecule has 172 valence electrons. The third-order valence-corrected chi connectivity index (χ3v) is 5.44. The Balaban J connectivity index is 1.55. The van der Waals surface area contributed by atoms with E-state index < -0.39 is 17.7 Å². The lowest BCUT2D eigenvalue weighted by Gasteiger charge is -2.35. The van der Waals surface area contributed by atoms with Gasteiger partial charge in [0.15, 0.2) is 0 Å². The molecule has 1 fully saturated rings. The van der Waals surface area contributed by atoms with Crippen molar-refractivity contribution >= 4 is 11.9 Å². The van der Waals surface area contributed by atoms with E-state index >= 15 is 0 Å². The number of piperazine rings is 1. The molecule has 3 rings (SSSR count). The average molecular weight is 447 g/mol. The predicted molar refractivity (Wildman–Crippen MR) is 115 cm³/mol. The van der Waals surface area contributed by atoms with Crippen LogP contribution in [0.5, 0.6) is 11.5 Å². The monoisotopic (exact) mass is 447 g/mol. The van der Waals surface area contributed by atoms with Crippen molar-refractivity contribution in [3.8, 4) is 11.5 Å². The van der Waals surface area contributed by atoms with E-state index in [1.165, 1.54) is 32.4 Å². The Labute approximate surface area is 185 Å². The van der Waals surface area contributed by atoms with Crippen LogP contribution in [0.4, 0.5) is 13.6 Å². The van der Waals surface area contributed by atoms with Crippen molar-refractivity contribution in [2.45, 2.75) is 19.4 Å². The highest BCUT2D eigenvalue weighted by atomic mass is 19.1. The molecule has 0 aromatic heterocycles. The van der Waals surface area contributed by atoms with Gasteiger partial charge in [-0.2, -0.15) is 0 Å². The van der Waals surface area contributed by atoms with Crippen LogP contribution < -0.4 is 14.8 Å². The van der Waals surface area contributed by atoms with Gasteiger partial charge in [-0.15, -0.1) is 0 Å². The highest BCUT2D eigenvalue weighted by Gasteiger charge is 2.27. The summed E-state index contributed by atoms with van der Waals surface area (Å²) in [6.07, 6.45) is 0.0416. The molecule has 1 unspecified atom stereocenters. The normalized spacial score (nSPS) is 14.7. The van der Waals surface area contributed by atoms with Gasteiger partial charge < -0.3 is 24.6 Å². The fraction of sp³-hybridized carbons (Fsp3) is 0.391. The minimum atomic E-state index is -0.632. The molecule has 32 heavy (non-hydrogen) atoms. The molecule has 1 atom stereocenters. The minimum Gasteiger partial charge on any atom is -0.497 e. The molecule has 7 nitrogen and oxygen atoms in total. The van der Waals surface area contributed by atoms with E-state index in [9.17, 15) is 18.4 Å². The van der Waals surface area contributed by atoms with Crippen LogP contribution in [0.2, 0.25) is 0 Å². The number of halogens is 2. The van der Waals surface area contributed by atoms with Crippen molar-refractivity contribution in [2.24, 2.45) is 0 Å². The molecule has 2 aromatic rings. The van der Waals surface area contributed by atoms with Crippen LogP contribution in [-0.4, -0.2) is 68.2 Å². The van der Waals surface area contributed by atoms with E-state index in [1.54, 1.807) is 34.9 Å². The van der Waals surface area contributed by atoms with Gasteiger partial charge in [0.25, 0.3) is 5.91 Å². The van der Waals surface area contributed by atoms with Gasteiger partial charge in [-0.05, 0) is 37.6 Å². The first-order valence-corrected chi connectivity index (χ1v) is 10.3. The molecule has 9 heteroatoms. The molecular formula is C23H27F2N3O4. The molecule has 0 saturated carbocycles. The van der Waals surface area contributed by atoms with Crippen molar-refractivity contribution in [3.05, 3.63) is 59.2 Å². The van der Waals surface area contributed by atoms with Crippen LogP contribution in [0, 0.1) is 11.6 Å². The number of carbonyl (C=O) groups is 2. The number of carbonyl (C=O) groups excluding carboxylic acids is 2. The van der Waals surface area contributed by atoms with Gasteiger partial charge in [0.2, 0.25) is 0 Å². The second-order valence-corrected chi connectivity index (χ2v) is 7.60. The molecule has 3 amide bonds. The number of hydrogen-bond acceptors (Lipinski definition) is 4. The summed E-state index contributed by atoms with van der Waals surface area (Å²) >= 11 is 0. The number of nitrogens with zero attached hydrogens (tertiary/aromatic N) is 2. The van der Waals surface area contributed by atoms with Crippen molar-refractivity contribution in [2.75, 3.05) is 40.4 Å². The lowest BCUT2D eigenvalue weighted by atomic mass is 10.1. The van der Waals surface area contributed by atoms with Gasteiger partial charge in [-0.25, -0.2) is 13.6 Å². The number of nitrogens with one attached hydrogen (secondary N) is 1. The van der Waals surface area contributed by atoms with Gasteiger partial charge in [0, 0.05) is 43.9 Å². The highest BCUT2D eigenvalue weighted by Crippen LogP contribution is 2.26. The number of urea groups is 1. The fourth-order valence-corrected chi connectivity index (χ4v) is 3.64. The zero-order chi connectivity index (χ0) is 23.3. The number of amides is 3. The van der Waals surface area contributed by atoms with Gasteiger partial charge >= 0.3 is 6.03 Å². The first-order chi connectivity index (χ1) is 15.3. The second-order valence-electron chi connectivity index (χ2n) is 7.60. The van der Waals surface area contributed by atoms with Crippen molar-refractivity contribution < 1.29 is 27.8 Å². The van der Waals surface area contributed by atoms with Crippen molar-refractivity contribution in [3.63, 3.8) is 0 Å². The molecule has 1 saturated heterocycles. The first kappa shape index (κ1) is 23.3. The maximum absolute atomic E-state index is 13.8. The van der Waals surface area contributed by atoms with E-state index in [1.807, 2.05) is 0 Å². The molecule has 2 aromatic carbocycles. The summed E-state index contributed by atoms with van der Waals surface area (Å²) in [5.41, 5.74) is 0.371. The molecule has 1 aliphatic heterocycles. The molecular weight excluding hydrogens is 420 g/mol. The Hall–Kier alpha value is -3.36. The summed E-state index contributed by atoms with van der Waals surface area (Å²) < 4.78 is 38.2. The Morgan fingerprint density at radius 3 is 2.22 bits per heavy atom. The lowest BCUT2D eigenvalue weighted by molar-refractivity contribution is 0.0660. The maximum atomic E-state index is 13.8. The SMILES string of the molecule is COc1ccc(C(=O)N2CCN(C(=O)NC(C)Cc3c(F)cccc3F)CC2)c(OC)c1. The Bertz CT molecular complexity index is 957. The van der Waals surface area contributed by atoms with E-state index in [0.717, 1.165) is 0 Å². The van der Waals surface area contributed by atoms with Gasteiger partial charge in [-0.1, -0.05) is 6.07 Å². The van der Waals surface area contributed by atoms with Crippen LogP contribution >= 0.6 is 0 Å². The van der Waals surface area contributed by atoms with Gasteiger partial charge in [0.05, 0.1) is 19.8 Å². The summed E-state index contributed by atoms with van der Waals surface area (Å²) in [4.78, 5) is 28.7.